The van der Waals surface area contributed by atoms with E-state index in [1.807, 2.05) is 0 Å². The van der Waals surface area contributed by atoms with Crippen LogP contribution in [0.5, 0.6) is 0 Å². The highest BCUT2D eigenvalue weighted by Crippen LogP contribution is 2.36. The van der Waals surface area contributed by atoms with Gasteiger partial charge in [0, 0.05) is 32.8 Å². The Morgan fingerprint density at radius 3 is 2.48 bits per heavy atom. The number of nitrogens with one attached hydrogen (secondary N) is 1. The summed E-state index contributed by atoms with van der Waals surface area (Å²) in [5.41, 5.74) is 0.722. The molecule has 8 heteroatoms. The predicted molar refractivity (Wildman–Crippen MR) is 97.5 cm³/mol. The standard InChI is InChI=1S/C17H18ClN3O4/c1-20-15(22)13-12(10-4-6-11(18)7-5-10)14(19-8-9-24-3)25-16(13)21(2)17(20)23/h4-7,19H,8-9H2,1-3H3. The zero-order chi connectivity index (χ0) is 18.1. The molecule has 2 aromatic heterocycles. The van der Waals surface area contributed by atoms with Crippen molar-refractivity contribution in [1.29, 1.82) is 0 Å². The van der Waals surface area contributed by atoms with Gasteiger partial charge in [-0.1, -0.05) is 23.7 Å². The van der Waals surface area contributed by atoms with Gasteiger partial charge in [0.1, 0.15) is 5.39 Å². The predicted octanol–water partition coefficient (Wildman–Crippen LogP) is 2.21. The fourth-order valence-electron chi connectivity index (χ4n) is 2.70. The van der Waals surface area contributed by atoms with Crippen molar-refractivity contribution in [3.8, 4) is 11.1 Å². The molecular weight excluding hydrogens is 346 g/mol. The second-order valence-corrected chi connectivity index (χ2v) is 6.06. The number of hydrogen-bond donors (Lipinski definition) is 1. The monoisotopic (exact) mass is 363 g/mol. The Bertz CT molecular complexity index is 1030. The van der Waals surface area contributed by atoms with Gasteiger partial charge in [-0.05, 0) is 17.7 Å². The van der Waals surface area contributed by atoms with Gasteiger partial charge in [-0.2, -0.15) is 0 Å². The van der Waals surface area contributed by atoms with Gasteiger partial charge in [0.2, 0.25) is 11.6 Å². The third-order valence-electron chi connectivity index (χ3n) is 4.01. The molecule has 3 aromatic rings. The Labute approximate surface area is 148 Å². The van der Waals surface area contributed by atoms with Gasteiger partial charge in [-0.15, -0.1) is 0 Å². The van der Waals surface area contributed by atoms with Gasteiger partial charge in [0.05, 0.1) is 12.2 Å². The zero-order valence-electron chi connectivity index (χ0n) is 14.1. The topological polar surface area (TPSA) is 78.4 Å². The fourth-order valence-corrected chi connectivity index (χ4v) is 2.83. The molecule has 0 bridgehead atoms. The molecule has 0 aliphatic carbocycles. The molecule has 0 saturated carbocycles. The third kappa shape index (κ3) is 2.96. The minimum absolute atomic E-state index is 0.220. The quantitative estimate of drug-likeness (QED) is 0.703. The number of benzene rings is 1. The summed E-state index contributed by atoms with van der Waals surface area (Å²) in [7, 11) is 4.61. The maximum atomic E-state index is 12.7. The van der Waals surface area contributed by atoms with Crippen LogP contribution in [0.2, 0.25) is 5.02 Å². The van der Waals surface area contributed by atoms with Gasteiger partial charge in [0.25, 0.3) is 5.56 Å². The summed E-state index contributed by atoms with van der Waals surface area (Å²) in [6.45, 7) is 0.958. The first-order valence-electron chi connectivity index (χ1n) is 7.67. The molecule has 25 heavy (non-hydrogen) atoms. The van der Waals surface area contributed by atoms with Crippen molar-refractivity contribution < 1.29 is 9.15 Å². The Morgan fingerprint density at radius 2 is 1.84 bits per heavy atom. The SMILES string of the molecule is COCCNc1oc2c(c1-c1ccc(Cl)cc1)c(=O)n(C)c(=O)n2C. The third-order valence-corrected chi connectivity index (χ3v) is 4.26. The maximum absolute atomic E-state index is 12.7. The summed E-state index contributed by atoms with van der Waals surface area (Å²) in [6, 6.07) is 7.08. The lowest BCUT2D eigenvalue weighted by atomic mass is 10.1. The highest BCUT2D eigenvalue weighted by atomic mass is 35.5. The molecule has 0 aliphatic heterocycles. The Hall–Kier alpha value is -2.51. The van der Waals surface area contributed by atoms with E-state index >= 15 is 0 Å². The average molecular weight is 364 g/mol. The number of ether oxygens (including phenoxy) is 1. The molecule has 0 unspecified atom stereocenters. The average Bonchev–Trinajstić information content (AvgIpc) is 2.99. The molecule has 1 N–H and O–H groups in total. The molecule has 1 aromatic carbocycles. The van der Waals surface area contributed by atoms with E-state index in [2.05, 4.69) is 5.32 Å². The number of nitrogens with zero attached hydrogens (tertiary/aromatic N) is 2. The maximum Gasteiger partial charge on any atom is 0.333 e. The number of hydrogen-bond acceptors (Lipinski definition) is 5. The molecule has 0 amide bonds. The Morgan fingerprint density at radius 1 is 1.16 bits per heavy atom. The van der Waals surface area contributed by atoms with Crippen molar-refractivity contribution in [3.63, 3.8) is 0 Å². The van der Waals surface area contributed by atoms with Crippen molar-refractivity contribution in [3.05, 3.63) is 50.1 Å². The second kappa shape index (κ2) is 6.78. The lowest BCUT2D eigenvalue weighted by Crippen LogP contribution is -2.36. The largest absolute Gasteiger partial charge is 0.423 e. The number of fused-ring (bicyclic) bond motifs is 1. The Balaban J connectivity index is 2.33. The van der Waals surface area contributed by atoms with Crippen LogP contribution >= 0.6 is 11.6 Å². The zero-order valence-corrected chi connectivity index (χ0v) is 14.9. The van der Waals surface area contributed by atoms with Crippen LogP contribution in [0.4, 0.5) is 5.88 Å². The molecule has 7 nitrogen and oxygen atoms in total. The van der Waals surface area contributed by atoms with Gasteiger partial charge in [-0.25, -0.2) is 4.79 Å². The summed E-state index contributed by atoms with van der Waals surface area (Å²) in [5, 5.41) is 4.05. The highest BCUT2D eigenvalue weighted by Gasteiger charge is 2.22. The van der Waals surface area contributed by atoms with E-state index in [0.717, 1.165) is 10.1 Å². The molecular formula is C17H18ClN3O4. The van der Waals surface area contributed by atoms with Crippen LogP contribution in [0.3, 0.4) is 0 Å². The van der Waals surface area contributed by atoms with E-state index in [9.17, 15) is 9.59 Å². The van der Waals surface area contributed by atoms with Crippen LogP contribution in [0.1, 0.15) is 0 Å². The van der Waals surface area contributed by atoms with Crippen LogP contribution in [0.25, 0.3) is 22.2 Å². The van der Waals surface area contributed by atoms with Crippen LogP contribution in [-0.2, 0) is 18.8 Å². The molecule has 0 radical (unpaired) electrons. The van der Waals surface area contributed by atoms with Gasteiger partial charge >= 0.3 is 5.69 Å². The van der Waals surface area contributed by atoms with Crippen molar-refractivity contribution in [1.82, 2.24) is 9.13 Å². The molecule has 0 atom stereocenters. The molecule has 0 spiro atoms. The number of methoxy groups -OCH3 is 1. The van der Waals surface area contributed by atoms with Gasteiger partial charge in [0.15, 0.2) is 0 Å². The van der Waals surface area contributed by atoms with Gasteiger partial charge < -0.3 is 14.5 Å². The highest BCUT2D eigenvalue weighted by molar-refractivity contribution is 6.30. The lowest BCUT2D eigenvalue weighted by molar-refractivity contribution is 0.210. The Kier molecular flexibility index (Phi) is 4.69. The molecule has 0 saturated heterocycles. The number of aryl methyl sites for hydroxylation is 1. The molecule has 3 rings (SSSR count). The fraction of sp³-hybridized carbons (Fsp3) is 0.294. The number of halogens is 1. The lowest BCUT2D eigenvalue weighted by Gasteiger charge is -2.06. The van der Waals surface area contributed by atoms with Crippen LogP contribution in [-0.4, -0.2) is 29.4 Å². The van der Waals surface area contributed by atoms with E-state index in [4.69, 9.17) is 20.8 Å². The summed E-state index contributed by atoms with van der Waals surface area (Å²) < 4.78 is 13.3. The summed E-state index contributed by atoms with van der Waals surface area (Å²) in [4.78, 5) is 24.9. The first-order chi connectivity index (χ1) is 12.0. The van der Waals surface area contributed by atoms with Crippen LogP contribution < -0.4 is 16.6 Å². The van der Waals surface area contributed by atoms with E-state index in [0.29, 0.717) is 35.0 Å². The van der Waals surface area contributed by atoms with Crippen LogP contribution in [0.15, 0.2) is 38.3 Å². The molecule has 132 valence electrons. The number of rotatable bonds is 5. The van der Waals surface area contributed by atoms with Crippen molar-refractivity contribution in [2.75, 3.05) is 25.6 Å². The smallest absolute Gasteiger partial charge is 0.333 e. The molecule has 2 heterocycles. The first-order valence-corrected chi connectivity index (χ1v) is 8.04. The van der Waals surface area contributed by atoms with Crippen LogP contribution in [0, 0.1) is 0 Å². The molecule has 0 fully saturated rings. The van der Waals surface area contributed by atoms with Crippen molar-refractivity contribution in [2.45, 2.75) is 0 Å². The number of furan rings is 1. The normalized spacial score (nSPS) is 11.2. The van der Waals surface area contributed by atoms with Gasteiger partial charge in [-0.3, -0.25) is 13.9 Å². The van der Waals surface area contributed by atoms with E-state index in [1.54, 1.807) is 38.4 Å². The minimum atomic E-state index is -0.447. The second-order valence-electron chi connectivity index (χ2n) is 5.62. The van der Waals surface area contributed by atoms with Crippen molar-refractivity contribution in [2.24, 2.45) is 14.1 Å². The van der Waals surface area contributed by atoms with Crippen molar-refractivity contribution >= 4 is 28.6 Å². The summed E-state index contributed by atoms with van der Waals surface area (Å²) in [6.07, 6.45) is 0. The van der Waals surface area contributed by atoms with E-state index in [-0.39, 0.29) is 5.71 Å². The molecule has 0 aliphatic rings. The minimum Gasteiger partial charge on any atom is -0.423 e. The number of anilines is 1. The van der Waals surface area contributed by atoms with E-state index < -0.39 is 11.2 Å². The number of aromatic nitrogens is 2. The summed E-state index contributed by atoms with van der Waals surface area (Å²) in [5.74, 6) is 0.410. The van der Waals surface area contributed by atoms with E-state index in [1.165, 1.54) is 11.6 Å². The summed E-state index contributed by atoms with van der Waals surface area (Å²) >= 11 is 5.97. The first kappa shape index (κ1) is 17.3.